The lowest BCUT2D eigenvalue weighted by atomic mass is 10.2. The van der Waals surface area contributed by atoms with E-state index in [0.717, 1.165) is 10.6 Å². The number of thioether (sulfide) groups is 1. The lowest BCUT2D eigenvalue weighted by molar-refractivity contribution is -0.117. The van der Waals surface area contributed by atoms with E-state index in [2.05, 4.69) is 21.2 Å². The highest BCUT2D eigenvalue weighted by Crippen LogP contribution is 2.24. The molecule has 2 rings (SSSR count). The Morgan fingerprint density at radius 1 is 1.30 bits per heavy atom. The van der Waals surface area contributed by atoms with Crippen LogP contribution in [-0.4, -0.2) is 30.7 Å². The zero-order chi connectivity index (χ0) is 16.8. The molecule has 3 nitrogen and oxygen atoms in total. The van der Waals surface area contributed by atoms with Crippen LogP contribution < -0.4 is 5.32 Å². The van der Waals surface area contributed by atoms with Crippen molar-refractivity contribution in [2.24, 2.45) is 0 Å². The predicted molar refractivity (Wildman–Crippen MR) is 97.3 cm³/mol. The van der Waals surface area contributed by atoms with Crippen molar-refractivity contribution >= 4 is 39.3 Å². The Bertz CT molecular complexity index is 696. The summed E-state index contributed by atoms with van der Waals surface area (Å²) >= 11 is 4.81. The number of hydrogen-bond donors (Lipinski definition) is 1. The maximum Gasteiger partial charge on any atom is 0.238 e. The lowest BCUT2D eigenvalue weighted by Gasteiger charge is -2.17. The third kappa shape index (κ3) is 5.34. The van der Waals surface area contributed by atoms with Crippen molar-refractivity contribution in [3.8, 4) is 0 Å². The first-order chi connectivity index (χ1) is 11.0. The van der Waals surface area contributed by atoms with Crippen LogP contribution in [0.25, 0.3) is 0 Å². The standard InChI is InChI=1S/C17H18BrFN2OS/c1-21(10-12-7-8-13(18)9-14(12)19)11-17(22)20-15-5-3-4-6-16(15)23-2/h3-9H,10-11H2,1-2H3,(H,20,22). The number of para-hydroxylation sites is 1. The van der Waals surface area contributed by atoms with Gasteiger partial charge in [-0.25, -0.2) is 4.39 Å². The summed E-state index contributed by atoms with van der Waals surface area (Å²) in [5.74, 6) is -0.397. The molecular formula is C17H18BrFN2OS. The van der Waals surface area contributed by atoms with Crippen LogP contribution in [0, 0.1) is 5.82 Å². The Morgan fingerprint density at radius 2 is 2.04 bits per heavy atom. The van der Waals surface area contributed by atoms with Gasteiger partial charge in [0.15, 0.2) is 0 Å². The molecule has 0 saturated heterocycles. The fraction of sp³-hybridized carbons (Fsp3) is 0.235. The second-order valence-corrected chi connectivity index (χ2v) is 6.92. The average molecular weight is 397 g/mol. The van der Waals surface area contributed by atoms with E-state index in [1.54, 1.807) is 35.8 Å². The minimum Gasteiger partial charge on any atom is -0.324 e. The summed E-state index contributed by atoms with van der Waals surface area (Å²) in [7, 11) is 1.79. The summed E-state index contributed by atoms with van der Waals surface area (Å²) in [5.41, 5.74) is 1.36. The van der Waals surface area contributed by atoms with Crippen LogP contribution >= 0.6 is 27.7 Å². The maximum atomic E-state index is 13.8. The number of halogens is 2. The van der Waals surface area contributed by atoms with E-state index >= 15 is 0 Å². The van der Waals surface area contributed by atoms with Crippen LogP contribution in [0.4, 0.5) is 10.1 Å². The molecule has 0 aliphatic heterocycles. The molecular weight excluding hydrogens is 379 g/mol. The molecule has 1 N–H and O–H groups in total. The second kappa shape index (κ2) is 8.47. The van der Waals surface area contributed by atoms with Crippen LogP contribution in [-0.2, 0) is 11.3 Å². The molecule has 0 aromatic heterocycles. The molecule has 0 unspecified atom stereocenters. The van der Waals surface area contributed by atoms with Gasteiger partial charge in [0.2, 0.25) is 5.91 Å². The third-order valence-electron chi connectivity index (χ3n) is 3.25. The summed E-state index contributed by atoms with van der Waals surface area (Å²) in [6.07, 6.45) is 1.97. The van der Waals surface area contributed by atoms with Crippen LogP contribution in [0.5, 0.6) is 0 Å². The molecule has 1 amide bonds. The van der Waals surface area contributed by atoms with Gasteiger partial charge < -0.3 is 5.32 Å². The molecule has 0 saturated carbocycles. The summed E-state index contributed by atoms with van der Waals surface area (Å²) in [6, 6.07) is 12.6. The molecule has 0 heterocycles. The fourth-order valence-corrected chi connectivity index (χ4v) is 3.07. The average Bonchev–Trinajstić information content (AvgIpc) is 2.50. The number of hydrogen-bond acceptors (Lipinski definition) is 3. The number of anilines is 1. The minimum absolute atomic E-state index is 0.119. The quantitative estimate of drug-likeness (QED) is 0.735. The third-order valence-corrected chi connectivity index (χ3v) is 4.54. The molecule has 6 heteroatoms. The van der Waals surface area contributed by atoms with Crippen LogP contribution in [0.3, 0.4) is 0 Å². The zero-order valence-electron chi connectivity index (χ0n) is 13.0. The van der Waals surface area contributed by atoms with Gasteiger partial charge >= 0.3 is 0 Å². The number of nitrogens with zero attached hydrogens (tertiary/aromatic N) is 1. The first kappa shape index (κ1) is 18.0. The van der Waals surface area contributed by atoms with Gasteiger partial charge in [-0.1, -0.05) is 34.1 Å². The van der Waals surface area contributed by atoms with Gasteiger partial charge in [-0.3, -0.25) is 9.69 Å². The SMILES string of the molecule is CSc1ccccc1NC(=O)CN(C)Cc1ccc(Br)cc1F. The Kier molecular flexibility index (Phi) is 6.62. The Labute approximate surface area is 148 Å². The molecule has 0 spiro atoms. The minimum atomic E-state index is -0.278. The first-order valence-electron chi connectivity index (χ1n) is 7.05. The molecule has 2 aromatic carbocycles. The molecule has 23 heavy (non-hydrogen) atoms. The van der Waals surface area contributed by atoms with Gasteiger partial charge in [0.1, 0.15) is 5.82 Å². The van der Waals surface area contributed by atoms with Gasteiger partial charge in [-0.2, -0.15) is 0 Å². The normalized spacial score (nSPS) is 10.8. The van der Waals surface area contributed by atoms with Crippen molar-refractivity contribution in [3.63, 3.8) is 0 Å². The number of nitrogens with one attached hydrogen (secondary N) is 1. The summed E-state index contributed by atoms with van der Waals surface area (Å²) in [6.45, 7) is 0.564. The molecule has 0 atom stereocenters. The number of rotatable bonds is 6. The van der Waals surface area contributed by atoms with E-state index in [9.17, 15) is 9.18 Å². The van der Waals surface area contributed by atoms with Gasteiger partial charge in [0.25, 0.3) is 0 Å². The van der Waals surface area contributed by atoms with Crippen molar-refractivity contribution in [2.45, 2.75) is 11.4 Å². The van der Waals surface area contributed by atoms with Gasteiger partial charge in [-0.05, 0) is 37.6 Å². The molecule has 2 aromatic rings. The van der Waals surface area contributed by atoms with E-state index < -0.39 is 0 Å². The van der Waals surface area contributed by atoms with Crippen molar-refractivity contribution in [1.29, 1.82) is 0 Å². The number of amides is 1. The van der Waals surface area contributed by atoms with Crippen molar-refractivity contribution in [1.82, 2.24) is 4.90 Å². The summed E-state index contributed by atoms with van der Waals surface area (Å²) < 4.78 is 14.5. The summed E-state index contributed by atoms with van der Waals surface area (Å²) in [4.78, 5) is 15.0. The molecule has 122 valence electrons. The molecule has 0 radical (unpaired) electrons. The monoisotopic (exact) mass is 396 g/mol. The maximum absolute atomic E-state index is 13.8. The Morgan fingerprint density at radius 3 is 2.74 bits per heavy atom. The number of carbonyl (C=O) groups excluding carboxylic acids is 1. The van der Waals surface area contributed by atoms with E-state index in [0.29, 0.717) is 16.6 Å². The van der Waals surface area contributed by atoms with E-state index in [1.807, 2.05) is 30.5 Å². The first-order valence-corrected chi connectivity index (χ1v) is 9.06. The van der Waals surface area contributed by atoms with Gasteiger partial charge in [0.05, 0.1) is 12.2 Å². The highest BCUT2D eigenvalue weighted by Gasteiger charge is 2.11. The number of likely N-dealkylation sites (N-methyl/N-ethyl adjacent to an activating group) is 1. The molecule has 0 aliphatic carbocycles. The smallest absolute Gasteiger partial charge is 0.238 e. The molecule has 0 fully saturated rings. The Hall–Kier alpha value is -1.37. The van der Waals surface area contributed by atoms with Gasteiger partial charge in [0, 0.05) is 21.5 Å². The van der Waals surface area contributed by atoms with Gasteiger partial charge in [-0.15, -0.1) is 11.8 Å². The Balaban J connectivity index is 1.94. The van der Waals surface area contributed by atoms with Crippen molar-refractivity contribution in [2.75, 3.05) is 25.2 Å². The largest absolute Gasteiger partial charge is 0.324 e. The van der Waals surface area contributed by atoms with Crippen molar-refractivity contribution in [3.05, 3.63) is 58.3 Å². The lowest BCUT2D eigenvalue weighted by Crippen LogP contribution is -2.30. The number of carbonyl (C=O) groups is 1. The second-order valence-electron chi connectivity index (χ2n) is 5.16. The summed E-state index contributed by atoms with van der Waals surface area (Å²) in [5, 5.41) is 2.90. The highest BCUT2D eigenvalue weighted by molar-refractivity contribution is 9.10. The molecule has 0 bridgehead atoms. The van der Waals surface area contributed by atoms with E-state index in [1.165, 1.54) is 6.07 Å². The predicted octanol–water partition coefficient (Wildman–Crippen LogP) is 4.38. The number of benzene rings is 2. The van der Waals surface area contributed by atoms with Crippen molar-refractivity contribution < 1.29 is 9.18 Å². The highest BCUT2D eigenvalue weighted by atomic mass is 79.9. The zero-order valence-corrected chi connectivity index (χ0v) is 15.4. The van der Waals surface area contributed by atoms with Crippen LogP contribution in [0.2, 0.25) is 0 Å². The fourth-order valence-electron chi connectivity index (χ4n) is 2.18. The topological polar surface area (TPSA) is 32.3 Å². The van der Waals surface area contributed by atoms with E-state index in [-0.39, 0.29) is 18.3 Å². The van der Waals surface area contributed by atoms with Crippen LogP contribution in [0.1, 0.15) is 5.56 Å². The molecule has 0 aliphatic rings. The van der Waals surface area contributed by atoms with E-state index in [4.69, 9.17) is 0 Å². The van der Waals surface area contributed by atoms with Crippen LogP contribution in [0.15, 0.2) is 51.8 Å².